The molecule has 0 bridgehead atoms. The summed E-state index contributed by atoms with van der Waals surface area (Å²) in [5, 5.41) is 0. The summed E-state index contributed by atoms with van der Waals surface area (Å²) in [6.45, 7) is 0.104. The highest BCUT2D eigenvalue weighted by molar-refractivity contribution is 5.91. The summed E-state index contributed by atoms with van der Waals surface area (Å²) in [5.41, 5.74) is -1.08. The van der Waals surface area contributed by atoms with Crippen LogP contribution in [-0.4, -0.2) is 27.0 Å². The van der Waals surface area contributed by atoms with Gasteiger partial charge in [0.15, 0.2) is 0 Å². The van der Waals surface area contributed by atoms with Crippen LogP contribution in [0.15, 0.2) is 46.1 Å². The van der Waals surface area contributed by atoms with Gasteiger partial charge in [-0.1, -0.05) is 12.1 Å². The fourth-order valence-electron chi connectivity index (χ4n) is 2.39. The molecule has 2 rings (SSSR count). The van der Waals surface area contributed by atoms with Crippen LogP contribution in [0.5, 0.6) is 0 Å². The predicted octanol–water partition coefficient (Wildman–Crippen LogP) is 1.77. The number of likely N-dealkylation sites (N-methyl/N-ethyl adjacent to an activating group) is 1. The molecule has 0 fully saturated rings. The van der Waals surface area contributed by atoms with Gasteiger partial charge in [-0.3, -0.25) is 14.2 Å². The smallest absolute Gasteiger partial charge is 0.338 e. The molecule has 0 aliphatic heterocycles. The largest absolute Gasteiger partial charge is 0.416 e. The van der Waals surface area contributed by atoms with Crippen molar-refractivity contribution < 1.29 is 18.0 Å². The molecule has 0 radical (unpaired) electrons. The van der Waals surface area contributed by atoms with Gasteiger partial charge in [-0.05, 0) is 23.8 Å². The van der Waals surface area contributed by atoms with Gasteiger partial charge in [0.2, 0.25) is 5.91 Å². The lowest BCUT2D eigenvalue weighted by molar-refractivity contribution is -0.137. The minimum absolute atomic E-state index is 0.104. The van der Waals surface area contributed by atoms with Crippen molar-refractivity contribution in [3.05, 3.63) is 74.1 Å². The number of carbonyl (C=O) groups excluding carboxylic acids is 1. The standard InChI is InChI=1S/C18H18F3N3O3/c1-22(10-12-4-7-14(8-5-12)18(19,20)21)15(25)9-6-13-11-23(2)17(27)24(3)16(13)26/h4-9,11H,10H2,1-3H3/b9-6+. The zero-order valence-corrected chi connectivity index (χ0v) is 14.9. The van der Waals surface area contributed by atoms with Crippen molar-refractivity contribution in [2.24, 2.45) is 14.1 Å². The summed E-state index contributed by atoms with van der Waals surface area (Å²) in [4.78, 5) is 37.1. The lowest BCUT2D eigenvalue weighted by Gasteiger charge is -2.16. The normalized spacial score (nSPS) is 11.8. The van der Waals surface area contributed by atoms with Crippen LogP contribution in [0.25, 0.3) is 6.08 Å². The first-order valence-corrected chi connectivity index (χ1v) is 7.86. The minimum Gasteiger partial charge on any atom is -0.338 e. The highest BCUT2D eigenvalue weighted by Crippen LogP contribution is 2.29. The van der Waals surface area contributed by atoms with Gasteiger partial charge in [0.05, 0.1) is 11.1 Å². The van der Waals surface area contributed by atoms with E-state index in [2.05, 4.69) is 0 Å². The molecule has 1 aromatic heterocycles. The number of amides is 1. The van der Waals surface area contributed by atoms with E-state index in [1.165, 1.54) is 61.1 Å². The third-order valence-corrected chi connectivity index (χ3v) is 3.96. The topological polar surface area (TPSA) is 64.3 Å². The van der Waals surface area contributed by atoms with Crippen LogP contribution in [0.2, 0.25) is 0 Å². The van der Waals surface area contributed by atoms with Crippen LogP contribution in [0.3, 0.4) is 0 Å². The Morgan fingerprint density at radius 1 is 1.15 bits per heavy atom. The van der Waals surface area contributed by atoms with Gasteiger partial charge in [-0.2, -0.15) is 13.2 Å². The third kappa shape index (κ3) is 4.75. The van der Waals surface area contributed by atoms with Crippen molar-refractivity contribution >= 4 is 12.0 Å². The molecule has 0 spiro atoms. The molecule has 6 nitrogen and oxygen atoms in total. The van der Waals surface area contributed by atoms with Gasteiger partial charge in [0.25, 0.3) is 5.56 Å². The number of hydrogen-bond acceptors (Lipinski definition) is 3. The van der Waals surface area contributed by atoms with Crippen molar-refractivity contribution in [3.8, 4) is 0 Å². The number of aryl methyl sites for hydroxylation is 1. The average molecular weight is 381 g/mol. The fourth-order valence-corrected chi connectivity index (χ4v) is 2.39. The molecule has 0 aliphatic carbocycles. The zero-order chi connectivity index (χ0) is 20.4. The van der Waals surface area contributed by atoms with Gasteiger partial charge in [0, 0.05) is 40.0 Å². The van der Waals surface area contributed by atoms with Gasteiger partial charge < -0.3 is 9.47 Å². The third-order valence-electron chi connectivity index (χ3n) is 3.96. The molecule has 2 aromatic rings. The van der Waals surface area contributed by atoms with Crippen LogP contribution in [-0.2, 0) is 31.6 Å². The molecular weight excluding hydrogens is 363 g/mol. The van der Waals surface area contributed by atoms with Gasteiger partial charge in [-0.15, -0.1) is 0 Å². The predicted molar refractivity (Wildman–Crippen MR) is 93.9 cm³/mol. The van der Waals surface area contributed by atoms with E-state index in [1.807, 2.05) is 0 Å². The highest BCUT2D eigenvalue weighted by Gasteiger charge is 2.29. The lowest BCUT2D eigenvalue weighted by Crippen LogP contribution is -2.37. The fraction of sp³-hybridized carbons (Fsp3) is 0.278. The van der Waals surface area contributed by atoms with E-state index in [-0.39, 0.29) is 12.1 Å². The number of alkyl halides is 3. The quantitative estimate of drug-likeness (QED) is 0.759. The van der Waals surface area contributed by atoms with Crippen molar-refractivity contribution in [2.45, 2.75) is 12.7 Å². The van der Waals surface area contributed by atoms with E-state index in [0.29, 0.717) is 5.56 Å². The first kappa shape index (κ1) is 20.2. The van der Waals surface area contributed by atoms with Crippen LogP contribution < -0.4 is 11.2 Å². The maximum Gasteiger partial charge on any atom is 0.416 e. The first-order valence-electron chi connectivity index (χ1n) is 7.86. The Morgan fingerprint density at radius 2 is 1.74 bits per heavy atom. The number of rotatable bonds is 4. The van der Waals surface area contributed by atoms with E-state index in [4.69, 9.17) is 0 Å². The number of hydrogen-bond donors (Lipinski definition) is 0. The van der Waals surface area contributed by atoms with E-state index in [0.717, 1.165) is 16.7 Å². The Hall–Kier alpha value is -3.10. The van der Waals surface area contributed by atoms with E-state index in [9.17, 15) is 27.6 Å². The molecule has 1 aromatic carbocycles. The molecule has 1 amide bonds. The maximum atomic E-state index is 12.6. The van der Waals surface area contributed by atoms with Crippen molar-refractivity contribution in [1.29, 1.82) is 0 Å². The van der Waals surface area contributed by atoms with Crippen molar-refractivity contribution in [1.82, 2.24) is 14.0 Å². The van der Waals surface area contributed by atoms with Crippen LogP contribution in [0.4, 0.5) is 13.2 Å². The second kappa shape index (κ2) is 7.65. The summed E-state index contributed by atoms with van der Waals surface area (Å²) in [5.74, 6) is -0.439. The van der Waals surface area contributed by atoms with Crippen LogP contribution >= 0.6 is 0 Å². The van der Waals surface area contributed by atoms with Crippen molar-refractivity contribution in [2.75, 3.05) is 7.05 Å². The molecule has 0 aliphatic rings. The molecule has 1 heterocycles. The van der Waals surface area contributed by atoms with Crippen LogP contribution in [0.1, 0.15) is 16.7 Å². The Labute approximate surface area is 152 Å². The molecule has 0 N–H and O–H groups in total. The SMILES string of the molecule is CN(Cc1ccc(C(F)(F)F)cc1)C(=O)/C=C/c1cn(C)c(=O)n(C)c1=O. The van der Waals surface area contributed by atoms with Crippen LogP contribution in [0, 0.1) is 0 Å². The molecule has 0 atom stereocenters. The lowest BCUT2D eigenvalue weighted by atomic mass is 10.1. The second-order valence-corrected chi connectivity index (χ2v) is 6.06. The number of halogens is 3. The van der Waals surface area contributed by atoms with Gasteiger partial charge in [0.1, 0.15) is 0 Å². The average Bonchev–Trinajstić information content (AvgIpc) is 2.61. The molecule has 0 saturated heterocycles. The van der Waals surface area contributed by atoms with E-state index in [1.54, 1.807) is 0 Å². The molecule has 0 saturated carbocycles. The summed E-state index contributed by atoms with van der Waals surface area (Å²) >= 11 is 0. The minimum atomic E-state index is -4.41. The summed E-state index contributed by atoms with van der Waals surface area (Å²) in [6.07, 6.45) is -0.617. The van der Waals surface area contributed by atoms with Gasteiger partial charge in [-0.25, -0.2) is 4.79 Å². The van der Waals surface area contributed by atoms with Crippen molar-refractivity contribution in [3.63, 3.8) is 0 Å². The molecule has 9 heteroatoms. The highest BCUT2D eigenvalue weighted by atomic mass is 19.4. The molecule has 27 heavy (non-hydrogen) atoms. The summed E-state index contributed by atoms with van der Waals surface area (Å²) in [6, 6.07) is 4.52. The number of nitrogens with zero attached hydrogens (tertiary/aromatic N) is 3. The Balaban J connectivity index is 2.11. The Kier molecular flexibility index (Phi) is 5.72. The summed E-state index contributed by atoms with van der Waals surface area (Å²) in [7, 11) is 4.31. The summed E-state index contributed by atoms with van der Waals surface area (Å²) < 4.78 is 39.8. The zero-order valence-electron chi connectivity index (χ0n) is 14.9. The van der Waals surface area contributed by atoms with Gasteiger partial charge >= 0.3 is 11.9 Å². The number of benzene rings is 1. The molecule has 0 unspecified atom stereocenters. The van der Waals surface area contributed by atoms with E-state index >= 15 is 0 Å². The number of aromatic nitrogens is 2. The monoisotopic (exact) mass is 381 g/mol. The Morgan fingerprint density at radius 3 is 2.30 bits per heavy atom. The maximum absolute atomic E-state index is 12.6. The number of carbonyl (C=O) groups is 1. The molecule has 144 valence electrons. The Bertz CT molecular complexity index is 986. The first-order chi connectivity index (χ1) is 12.5. The second-order valence-electron chi connectivity index (χ2n) is 6.06. The molecular formula is C18H18F3N3O3. The van der Waals surface area contributed by atoms with E-state index < -0.39 is 28.9 Å².